The van der Waals surface area contributed by atoms with Crippen LogP contribution in [-0.2, 0) is 11.2 Å². The summed E-state index contributed by atoms with van der Waals surface area (Å²) in [5, 5.41) is 9.23. The Bertz CT molecular complexity index is 426. The molecule has 104 valence electrons. The second kappa shape index (κ2) is 6.06. The van der Waals surface area contributed by atoms with Crippen LogP contribution in [0.4, 0.5) is 0 Å². The summed E-state index contributed by atoms with van der Waals surface area (Å²) in [5.41, 5.74) is 6.98. The van der Waals surface area contributed by atoms with Crippen molar-refractivity contribution in [3.63, 3.8) is 0 Å². The van der Waals surface area contributed by atoms with Gasteiger partial charge in [-0.15, -0.1) is 0 Å². The number of hydrogen-bond donors (Lipinski definition) is 2. The Morgan fingerprint density at radius 3 is 2.58 bits per heavy atom. The monoisotopic (exact) mass is 262 g/mol. The number of nitrogens with two attached hydrogens (primary N) is 1. The zero-order valence-electron chi connectivity index (χ0n) is 11.4. The third kappa shape index (κ3) is 3.96. The van der Waals surface area contributed by atoms with Gasteiger partial charge in [0.2, 0.25) is 5.91 Å². The van der Waals surface area contributed by atoms with Crippen LogP contribution in [0.25, 0.3) is 0 Å². The van der Waals surface area contributed by atoms with Gasteiger partial charge >= 0.3 is 0 Å². The minimum atomic E-state index is -0.497. The summed E-state index contributed by atoms with van der Waals surface area (Å²) >= 11 is 0. The maximum atomic E-state index is 12.3. The number of carbonyl (C=O) groups excluding carboxylic acids is 1. The van der Waals surface area contributed by atoms with Crippen LogP contribution in [0.15, 0.2) is 24.3 Å². The quantitative estimate of drug-likeness (QED) is 0.817. The average molecular weight is 262 g/mol. The SMILES string of the molecule is CCN(CC1CC1)C(=O)[C@@H](N)Cc1ccc(O)cc1. The number of phenols is 1. The van der Waals surface area contributed by atoms with E-state index in [1.165, 1.54) is 12.8 Å². The maximum absolute atomic E-state index is 12.3. The normalized spacial score (nSPS) is 16.1. The van der Waals surface area contributed by atoms with Gasteiger partial charge in [-0.1, -0.05) is 12.1 Å². The molecule has 4 nitrogen and oxygen atoms in total. The molecular formula is C15H22N2O2. The maximum Gasteiger partial charge on any atom is 0.239 e. The van der Waals surface area contributed by atoms with Crippen molar-refractivity contribution in [3.05, 3.63) is 29.8 Å². The van der Waals surface area contributed by atoms with E-state index in [1.54, 1.807) is 24.3 Å². The molecule has 2 rings (SSSR count). The number of rotatable bonds is 6. The molecule has 4 heteroatoms. The molecule has 0 radical (unpaired) electrons. The van der Waals surface area contributed by atoms with Crippen LogP contribution in [0.3, 0.4) is 0 Å². The molecular weight excluding hydrogens is 240 g/mol. The van der Waals surface area contributed by atoms with Crippen molar-refractivity contribution in [2.45, 2.75) is 32.2 Å². The first-order valence-electron chi connectivity index (χ1n) is 6.92. The van der Waals surface area contributed by atoms with Gasteiger partial charge in [-0.3, -0.25) is 4.79 Å². The summed E-state index contributed by atoms with van der Waals surface area (Å²) in [4.78, 5) is 14.1. The molecule has 19 heavy (non-hydrogen) atoms. The van der Waals surface area contributed by atoms with Gasteiger partial charge in [0.15, 0.2) is 0 Å². The lowest BCUT2D eigenvalue weighted by atomic mass is 10.1. The van der Waals surface area contributed by atoms with E-state index in [4.69, 9.17) is 5.73 Å². The largest absolute Gasteiger partial charge is 0.508 e. The average Bonchev–Trinajstić information content (AvgIpc) is 3.22. The Hall–Kier alpha value is -1.55. The second-order valence-electron chi connectivity index (χ2n) is 5.30. The fourth-order valence-electron chi connectivity index (χ4n) is 2.19. The van der Waals surface area contributed by atoms with Crippen molar-refractivity contribution >= 4 is 5.91 Å². The van der Waals surface area contributed by atoms with Gasteiger partial charge in [0.1, 0.15) is 5.75 Å². The lowest BCUT2D eigenvalue weighted by Crippen LogP contribution is -2.45. The molecule has 3 N–H and O–H groups in total. The van der Waals surface area contributed by atoms with Crippen LogP contribution < -0.4 is 5.73 Å². The van der Waals surface area contributed by atoms with E-state index >= 15 is 0 Å². The van der Waals surface area contributed by atoms with E-state index in [-0.39, 0.29) is 11.7 Å². The van der Waals surface area contributed by atoms with Gasteiger partial charge in [-0.2, -0.15) is 0 Å². The highest BCUT2D eigenvalue weighted by Crippen LogP contribution is 2.29. The Morgan fingerprint density at radius 1 is 1.42 bits per heavy atom. The first kappa shape index (κ1) is 13.9. The second-order valence-corrected chi connectivity index (χ2v) is 5.30. The summed E-state index contributed by atoms with van der Waals surface area (Å²) < 4.78 is 0. The fraction of sp³-hybridized carbons (Fsp3) is 0.533. The Balaban J connectivity index is 1.91. The van der Waals surface area contributed by atoms with Gasteiger partial charge in [0.05, 0.1) is 6.04 Å². The summed E-state index contributed by atoms with van der Waals surface area (Å²) in [6.45, 7) is 3.56. The molecule has 1 aliphatic rings. The number of nitrogens with zero attached hydrogens (tertiary/aromatic N) is 1. The topological polar surface area (TPSA) is 66.6 Å². The smallest absolute Gasteiger partial charge is 0.239 e. The molecule has 1 fully saturated rings. The van der Waals surface area contributed by atoms with Crippen molar-refractivity contribution in [3.8, 4) is 5.75 Å². The molecule has 0 aromatic heterocycles. The minimum absolute atomic E-state index is 0.0301. The van der Waals surface area contributed by atoms with Crippen LogP contribution in [-0.4, -0.2) is 35.0 Å². The van der Waals surface area contributed by atoms with E-state index in [2.05, 4.69) is 0 Å². The highest BCUT2D eigenvalue weighted by Gasteiger charge is 2.28. The Morgan fingerprint density at radius 2 is 2.05 bits per heavy atom. The van der Waals surface area contributed by atoms with E-state index in [9.17, 15) is 9.90 Å². The molecule has 0 aliphatic heterocycles. The summed E-state index contributed by atoms with van der Waals surface area (Å²) in [5.74, 6) is 0.944. The first-order chi connectivity index (χ1) is 9.10. The molecule has 1 aromatic carbocycles. The predicted octanol–water partition coefficient (Wildman–Crippen LogP) is 1.52. The third-order valence-electron chi connectivity index (χ3n) is 3.58. The molecule has 1 aromatic rings. The lowest BCUT2D eigenvalue weighted by molar-refractivity contribution is -0.132. The van der Waals surface area contributed by atoms with Crippen LogP contribution in [0, 0.1) is 5.92 Å². The van der Waals surface area contributed by atoms with E-state index in [0.717, 1.165) is 18.7 Å². The molecule has 0 saturated heterocycles. The number of amides is 1. The zero-order chi connectivity index (χ0) is 13.8. The molecule has 0 heterocycles. The van der Waals surface area contributed by atoms with E-state index in [1.807, 2.05) is 11.8 Å². The van der Waals surface area contributed by atoms with Crippen molar-refractivity contribution in [2.24, 2.45) is 11.7 Å². The van der Waals surface area contributed by atoms with Gasteiger partial charge in [0, 0.05) is 13.1 Å². The van der Waals surface area contributed by atoms with Crippen LogP contribution in [0.2, 0.25) is 0 Å². The number of carbonyl (C=O) groups is 1. The fourth-order valence-corrected chi connectivity index (χ4v) is 2.19. The zero-order valence-corrected chi connectivity index (χ0v) is 11.4. The molecule has 1 atom stereocenters. The molecule has 1 saturated carbocycles. The molecule has 0 unspecified atom stereocenters. The Kier molecular flexibility index (Phi) is 4.43. The van der Waals surface area contributed by atoms with Crippen molar-refractivity contribution in [2.75, 3.05) is 13.1 Å². The van der Waals surface area contributed by atoms with Crippen LogP contribution in [0.1, 0.15) is 25.3 Å². The van der Waals surface area contributed by atoms with Gasteiger partial charge in [-0.05, 0) is 49.8 Å². The number of hydrogen-bond acceptors (Lipinski definition) is 3. The van der Waals surface area contributed by atoms with Crippen LogP contribution in [0.5, 0.6) is 5.75 Å². The Labute approximate surface area is 114 Å². The molecule has 1 aliphatic carbocycles. The standard InChI is InChI=1S/C15H22N2O2/c1-2-17(10-12-3-4-12)15(19)14(16)9-11-5-7-13(18)8-6-11/h5-8,12,14,18H,2-4,9-10,16H2,1H3/t14-/m0/s1. The number of phenolic OH excluding ortho intramolecular Hbond substituents is 1. The summed E-state index contributed by atoms with van der Waals surface area (Å²) in [7, 11) is 0. The van der Waals surface area contributed by atoms with Gasteiger partial charge < -0.3 is 15.7 Å². The molecule has 0 spiro atoms. The third-order valence-corrected chi connectivity index (χ3v) is 3.58. The number of aromatic hydroxyl groups is 1. The van der Waals surface area contributed by atoms with Gasteiger partial charge in [-0.25, -0.2) is 0 Å². The summed E-state index contributed by atoms with van der Waals surface area (Å²) in [6.07, 6.45) is 2.98. The van der Waals surface area contributed by atoms with Crippen molar-refractivity contribution in [1.29, 1.82) is 0 Å². The van der Waals surface area contributed by atoms with Crippen molar-refractivity contribution in [1.82, 2.24) is 4.90 Å². The van der Waals surface area contributed by atoms with Crippen LogP contribution >= 0.6 is 0 Å². The summed E-state index contributed by atoms with van der Waals surface area (Å²) in [6, 6.07) is 6.35. The molecule has 0 bridgehead atoms. The lowest BCUT2D eigenvalue weighted by Gasteiger charge is -2.24. The number of likely N-dealkylation sites (N-methyl/N-ethyl adjacent to an activating group) is 1. The number of benzene rings is 1. The van der Waals surface area contributed by atoms with E-state index in [0.29, 0.717) is 12.3 Å². The highest BCUT2D eigenvalue weighted by atomic mass is 16.3. The van der Waals surface area contributed by atoms with E-state index < -0.39 is 6.04 Å². The molecule has 1 amide bonds. The first-order valence-corrected chi connectivity index (χ1v) is 6.92. The minimum Gasteiger partial charge on any atom is -0.508 e. The van der Waals surface area contributed by atoms with Crippen molar-refractivity contribution < 1.29 is 9.90 Å². The highest BCUT2D eigenvalue weighted by molar-refractivity contribution is 5.82. The predicted molar refractivity (Wildman–Crippen MR) is 74.8 cm³/mol. The van der Waals surface area contributed by atoms with Gasteiger partial charge in [0.25, 0.3) is 0 Å².